The Morgan fingerprint density at radius 2 is 1.92 bits per heavy atom. The first kappa shape index (κ1) is 16.0. The minimum absolute atomic E-state index is 0.184. The van der Waals surface area contributed by atoms with Crippen LogP contribution in [0.3, 0.4) is 0 Å². The molecule has 0 aliphatic heterocycles. The van der Waals surface area contributed by atoms with Crippen LogP contribution in [0.4, 0.5) is 4.39 Å². The summed E-state index contributed by atoms with van der Waals surface area (Å²) in [6.07, 6.45) is 3.52. The molecule has 0 fully saturated rings. The number of halogens is 1. The topological polar surface area (TPSA) is 73.0 Å². The zero-order valence-electron chi connectivity index (χ0n) is 13.7. The van der Waals surface area contributed by atoms with E-state index < -0.39 is 0 Å². The van der Waals surface area contributed by atoms with E-state index in [1.54, 1.807) is 29.2 Å². The lowest BCUT2D eigenvalue weighted by Crippen LogP contribution is -2.22. The van der Waals surface area contributed by atoms with Gasteiger partial charge in [-0.25, -0.2) is 19.0 Å². The average molecular weight is 350 g/mol. The van der Waals surface area contributed by atoms with Gasteiger partial charge in [0.15, 0.2) is 11.7 Å². The maximum atomic E-state index is 13.8. The molecule has 0 saturated heterocycles. The number of hydrogen-bond donors (Lipinski definition) is 1. The van der Waals surface area contributed by atoms with Crippen molar-refractivity contribution in [1.82, 2.24) is 14.6 Å². The van der Waals surface area contributed by atoms with Crippen LogP contribution in [0.25, 0.3) is 22.4 Å². The van der Waals surface area contributed by atoms with E-state index in [1.165, 1.54) is 12.3 Å². The molecule has 2 aromatic carbocycles. The minimum atomic E-state index is -0.375. The Labute approximate surface area is 148 Å². The number of nitrogens with zero attached hydrogens (tertiary/aromatic N) is 3. The SMILES string of the molecule is O=C(CCc1ncc(-c2ccccc2F)o1)Nn1cnc2ccccc21. The fourth-order valence-corrected chi connectivity index (χ4v) is 2.67. The third-order valence-electron chi connectivity index (χ3n) is 3.96. The van der Waals surface area contributed by atoms with E-state index in [1.807, 2.05) is 24.3 Å². The number of carbonyl (C=O) groups is 1. The number of imidazole rings is 1. The number of rotatable bonds is 5. The van der Waals surface area contributed by atoms with Crippen molar-refractivity contribution in [2.45, 2.75) is 12.8 Å². The van der Waals surface area contributed by atoms with E-state index in [0.717, 1.165) is 11.0 Å². The fourth-order valence-electron chi connectivity index (χ4n) is 2.67. The van der Waals surface area contributed by atoms with Crippen molar-refractivity contribution in [2.24, 2.45) is 0 Å². The molecule has 6 nitrogen and oxygen atoms in total. The molecule has 2 heterocycles. The van der Waals surface area contributed by atoms with Gasteiger partial charge in [-0.15, -0.1) is 0 Å². The van der Waals surface area contributed by atoms with Crippen LogP contribution in [0.1, 0.15) is 12.3 Å². The molecule has 0 aliphatic carbocycles. The van der Waals surface area contributed by atoms with Gasteiger partial charge < -0.3 is 4.42 Å². The molecule has 2 aromatic heterocycles. The van der Waals surface area contributed by atoms with E-state index in [9.17, 15) is 9.18 Å². The predicted molar refractivity (Wildman–Crippen MR) is 94.3 cm³/mol. The van der Waals surface area contributed by atoms with Gasteiger partial charge in [-0.3, -0.25) is 10.2 Å². The maximum Gasteiger partial charge on any atom is 0.239 e. The normalized spacial score (nSPS) is 11.0. The average Bonchev–Trinajstić information content (AvgIpc) is 3.28. The number of fused-ring (bicyclic) bond motifs is 1. The summed E-state index contributed by atoms with van der Waals surface area (Å²) >= 11 is 0. The van der Waals surface area contributed by atoms with Crippen molar-refractivity contribution in [3.05, 3.63) is 72.8 Å². The highest BCUT2D eigenvalue weighted by Crippen LogP contribution is 2.23. The Balaban J connectivity index is 1.40. The van der Waals surface area contributed by atoms with Gasteiger partial charge >= 0.3 is 0 Å². The van der Waals surface area contributed by atoms with E-state index in [4.69, 9.17) is 4.42 Å². The second kappa shape index (κ2) is 6.79. The molecular formula is C19H15FN4O2. The van der Waals surface area contributed by atoms with Crippen molar-refractivity contribution in [2.75, 3.05) is 5.43 Å². The lowest BCUT2D eigenvalue weighted by Gasteiger charge is -2.06. The van der Waals surface area contributed by atoms with Gasteiger partial charge in [-0.05, 0) is 24.3 Å². The van der Waals surface area contributed by atoms with Crippen LogP contribution in [-0.2, 0) is 11.2 Å². The number of aryl methyl sites for hydroxylation is 1. The van der Waals surface area contributed by atoms with Gasteiger partial charge in [-0.1, -0.05) is 24.3 Å². The molecule has 0 aliphatic rings. The van der Waals surface area contributed by atoms with Gasteiger partial charge in [0.05, 0.1) is 22.8 Å². The fraction of sp³-hybridized carbons (Fsp3) is 0.105. The third kappa shape index (κ3) is 3.19. The Kier molecular flexibility index (Phi) is 4.18. The standard InChI is InChI=1S/C19H15FN4O2/c20-14-6-2-1-5-13(14)17-11-21-19(26-17)10-9-18(25)23-24-12-22-15-7-3-4-8-16(15)24/h1-8,11-12H,9-10H2,(H,23,25). The van der Waals surface area contributed by atoms with Crippen molar-refractivity contribution in [3.63, 3.8) is 0 Å². The number of oxazole rings is 1. The number of amides is 1. The molecule has 7 heteroatoms. The Morgan fingerprint density at radius 1 is 1.12 bits per heavy atom. The van der Waals surface area contributed by atoms with Crippen LogP contribution < -0.4 is 5.43 Å². The van der Waals surface area contributed by atoms with Crippen molar-refractivity contribution < 1.29 is 13.6 Å². The first-order valence-electron chi connectivity index (χ1n) is 8.12. The summed E-state index contributed by atoms with van der Waals surface area (Å²) in [5.41, 5.74) is 4.74. The minimum Gasteiger partial charge on any atom is -0.441 e. The maximum absolute atomic E-state index is 13.8. The Hall–Kier alpha value is -3.48. The molecule has 0 spiro atoms. The van der Waals surface area contributed by atoms with Gasteiger partial charge in [0.2, 0.25) is 5.91 Å². The summed E-state index contributed by atoms with van der Waals surface area (Å²) in [5, 5.41) is 0. The highest BCUT2D eigenvalue weighted by Gasteiger charge is 2.12. The molecule has 1 N–H and O–H groups in total. The number of benzene rings is 2. The highest BCUT2D eigenvalue weighted by molar-refractivity contribution is 5.86. The molecule has 4 rings (SSSR count). The predicted octanol–water partition coefficient (Wildman–Crippen LogP) is 3.53. The molecule has 0 radical (unpaired) electrons. The first-order chi connectivity index (χ1) is 12.7. The molecule has 26 heavy (non-hydrogen) atoms. The van der Waals surface area contributed by atoms with Gasteiger partial charge in [0.1, 0.15) is 12.1 Å². The van der Waals surface area contributed by atoms with E-state index in [-0.39, 0.29) is 18.1 Å². The largest absolute Gasteiger partial charge is 0.441 e. The number of hydrogen-bond acceptors (Lipinski definition) is 4. The number of nitrogens with one attached hydrogen (secondary N) is 1. The Bertz CT molecular complexity index is 1070. The van der Waals surface area contributed by atoms with Crippen molar-refractivity contribution in [1.29, 1.82) is 0 Å². The second-order valence-electron chi connectivity index (χ2n) is 5.74. The summed E-state index contributed by atoms with van der Waals surface area (Å²) in [7, 11) is 0. The van der Waals surface area contributed by atoms with Crippen molar-refractivity contribution >= 4 is 16.9 Å². The molecule has 0 bridgehead atoms. The lowest BCUT2D eigenvalue weighted by atomic mass is 10.2. The summed E-state index contributed by atoms with van der Waals surface area (Å²) in [5.74, 6) is 0.159. The van der Waals surface area contributed by atoms with Crippen molar-refractivity contribution in [3.8, 4) is 11.3 Å². The summed E-state index contributed by atoms with van der Waals surface area (Å²) < 4.78 is 20.9. The monoisotopic (exact) mass is 350 g/mol. The van der Waals surface area contributed by atoms with Gasteiger partial charge in [0, 0.05) is 12.8 Å². The van der Waals surface area contributed by atoms with Crippen LogP contribution in [0.2, 0.25) is 0 Å². The molecular weight excluding hydrogens is 335 g/mol. The molecule has 4 aromatic rings. The zero-order valence-corrected chi connectivity index (χ0v) is 13.7. The molecule has 0 unspecified atom stereocenters. The summed E-state index contributed by atoms with van der Waals surface area (Å²) in [6.45, 7) is 0. The molecule has 0 saturated carbocycles. The third-order valence-corrected chi connectivity index (χ3v) is 3.96. The first-order valence-corrected chi connectivity index (χ1v) is 8.12. The molecule has 0 atom stereocenters. The summed E-state index contributed by atoms with van der Waals surface area (Å²) in [6, 6.07) is 13.8. The van der Waals surface area contributed by atoms with E-state index in [0.29, 0.717) is 23.6 Å². The number of carbonyl (C=O) groups excluding carboxylic acids is 1. The van der Waals surface area contributed by atoms with Crippen LogP contribution in [0.15, 0.2) is 65.5 Å². The smallest absolute Gasteiger partial charge is 0.239 e. The quantitative estimate of drug-likeness (QED) is 0.598. The van der Waals surface area contributed by atoms with Crippen LogP contribution in [-0.4, -0.2) is 20.6 Å². The number of aromatic nitrogens is 3. The lowest BCUT2D eigenvalue weighted by molar-refractivity contribution is -0.117. The zero-order chi connectivity index (χ0) is 17.9. The van der Waals surface area contributed by atoms with Gasteiger partial charge in [-0.2, -0.15) is 0 Å². The highest BCUT2D eigenvalue weighted by atomic mass is 19.1. The van der Waals surface area contributed by atoms with E-state index >= 15 is 0 Å². The van der Waals surface area contributed by atoms with Crippen LogP contribution in [0, 0.1) is 5.82 Å². The summed E-state index contributed by atoms with van der Waals surface area (Å²) in [4.78, 5) is 20.5. The Morgan fingerprint density at radius 3 is 2.81 bits per heavy atom. The van der Waals surface area contributed by atoms with Crippen LogP contribution in [0.5, 0.6) is 0 Å². The second-order valence-corrected chi connectivity index (χ2v) is 5.74. The molecule has 1 amide bonds. The van der Waals surface area contributed by atoms with E-state index in [2.05, 4.69) is 15.4 Å². The number of para-hydroxylation sites is 2. The van der Waals surface area contributed by atoms with Gasteiger partial charge in [0.25, 0.3) is 0 Å². The van der Waals surface area contributed by atoms with Crippen LogP contribution >= 0.6 is 0 Å². The molecule has 130 valence electrons.